The van der Waals surface area contributed by atoms with Gasteiger partial charge in [0.05, 0.1) is 22.9 Å². The molecule has 36 heavy (non-hydrogen) atoms. The number of hydrogen-bond donors (Lipinski definition) is 2. The quantitative estimate of drug-likeness (QED) is 0.438. The predicted octanol–water partition coefficient (Wildman–Crippen LogP) is 4.83. The van der Waals surface area contributed by atoms with Crippen LogP contribution in [0.4, 0.5) is 10.1 Å². The van der Waals surface area contributed by atoms with Gasteiger partial charge in [0.2, 0.25) is 0 Å². The van der Waals surface area contributed by atoms with Crippen molar-refractivity contribution in [1.29, 1.82) is 5.26 Å². The fraction of sp³-hybridized carbons (Fsp3) is 0.423. The summed E-state index contributed by atoms with van der Waals surface area (Å²) in [5.41, 5.74) is 1.26. The van der Waals surface area contributed by atoms with Crippen molar-refractivity contribution in [3.05, 3.63) is 58.4 Å². The first-order valence-electron chi connectivity index (χ1n) is 12.2. The number of nitrogens with zero attached hydrogens (tertiary/aromatic N) is 4. The van der Waals surface area contributed by atoms with E-state index in [9.17, 15) is 14.4 Å². The summed E-state index contributed by atoms with van der Waals surface area (Å²) in [6.07, 6.45) is 5.90. The standard InChI is InChI=1S/C26H29FN6O2S/c1-3-32(2)36-31-23-7-5-21(27)24(20(23)15-28)35-18-4-6-22-19(12-18)25(34)33(16-30-22)17-13-26(14-17)8-10-29-11-9-26/h4-7,12,16-17,29,31H,3,8-11,13-14H2,1-2H3. The van der Waals surface area contributed by atoms with Crippen LogP contribution in [0.25, 0.3) is 10.9 Å². The van der Waals surface area contributed by atoms with Crippen LogP contribution < -0.4 is 20.3 Å². The summed E-state index contributed by atoms with van der Waals surface area (Å²) in [6, 6.07) is 9.85. The molecule has 2 fully saturated rings. The number of fused-ring (bicyclic) bond motifs is 1. The van der Waals surface area contributed by atoms with E-state index in [1.807, 2.05) is 24.3 Å². The van der Waals surface area contributed by atoms with Crippen molar-refractivity contribution in [1.82, 2.24) is 19.2 Å². The Morgan fingerprint density at radius 2 is 2.11 bits per heavy atom. The second-order valence-corrected chi connectivity index (χ2v) is 10.6. The molecule has 1 saturated heterocycles. The Balaban J connectivity index is 1.42. The Bertz CT molecular complexity index is 1370. The number of ether oxygens (including phenoxy) is 1. The van der Waals surface area contributed by atoms with Crippen LogP contribution in [0.5, 0.6) is 11.5 Å². The van der Waals surface area contributed by atoms with Crippen LogP contribution in [0.3, 0.4) is 0 Å². The molecule has 0 unspecified atom stereocenters. The highest BCUT2D eigenvalue weighted by atomic mass is 32.2. The molecule has 2 aromatic carbocycles. The molecule has 0 amide bonds. The SMILES string of the molecule is CCN(C)SNc1ccc(F)c(Oc2ccc3ncn(C4CC5(CCNCC5)C4)c(=O)c3c2)c1C#N. The molecule has 5 rings (SSSR count). The first kappa shape index (κ1) is 24.6. The number of hydrogen-bond acceptors (Lipinski definition) is 8. The van der Waals surface area contributed by atoms with Crippen LogP contribution in [-0.2, 0) is 0 Å². The number of piperidine rings is 1. The molecule has 1 aliphatic carbocycles. The fourth-order valence-electron chi connectivity index (χ4n) is 5.10. The van der Waals surface area contributed by atoms with E-state index in [0.29, 0.717) is 22.0 Å². The number of nitriles is 1. The van der Waals surface area contributed by atoms with E-state index in [2.05, 4.69) is 15.0 Å². The zero-order valence-corrected chi connectivity index (χ0v) is 21.2. The summed E-state index contributed by atoms with van der Waals surface area (Å²) in [4.78, 5) is 17.9. The van der Waals surface area contributed by atoms with Gasteiger partial charge in [0.1, 0.15) is 17.4 Å². The molecule has 2 N–H and O–H groups in total. The monoisotopic (exact) mass is 508 g/mol. The smallest absolute Gasteiger partial charge is 0.261 e. The second kappa shape index (κ2) is 10.1. The largest absolute Gasteiger partial charge is 0.453 e. The van der Waals surface area contributed by atoms with E-state index >= 15 is 0 Å². The molecule has 0 atom stereocenters. The molecule has 3 aromatic rings. The molecule has 2 aliphatic rings. The van der Waals surface area contributed by atoms with Crippen molar-refractivity contribution in [3.8, 4) is 17.6 Å². The van der Waals surface area contributed by atoms with Crippen molar-refractivity contribution in [2.75, 3.05) is 31.4 Å². The highest BCUT2D eigenvalue weighted by Crippen LogP contribution is 2.53. The Morgan fingerprint density at radius 1 is 1.33 bits per heavy atom. The molecule has 8 nitrogen and oxygen atoms in total. The summed E-state index contributed by atoms with van der Waals surface area (Å²) < 4.78 is 27.3. The van der Waals surface area contributed by atoms with Crippen molar-refractivity contribution >= 4 is 28.7 Å². The number of anilines is 1. The van der Waals surface area contributed by atoms with Gasteiger partial charge >= 0.3 is 0 Å². The van der Waals surface area contributed by atoms with Crippen LogP contribution in [0.2, 0.25) is 0 Å². The average molecular weight is 509 g/mol. The van der Waals surface area contributed by atoms with Gasteiger partial charge in [-0.05, 0) is 81.6 Å². The first-order chi connectivity index (χ1) is 17.4. The summed E-state index contributed by atoms with van der Waals surface area (Å²) in [6.45, 7) is 4.85. The molecule has 0 bridgehead atoms. The molecule has 1 aromatic heterocycles. The highest BCUT2D eigenvalue weighted by molar-refractivity contribution is 7.98. The zero-order chi connectivity index (χ0) is 25.3. The van der Waals surface area contributed by atoms with Gasteiger partial charge in [-0.2, -0.15) is 5.26 Å². The van der Waals surface area contributed by atoms with Gasteiger partial charge in [0.15, 0.2) is 11.6 Å². The van der Waals surface area contributed by atoms with E-state index < -0.39 is 5.82 Å². The Labute approximate surface area is 213 Å². The van der Waals surface area contributed by atoms with Crippen molar-refractivity contribution in [3.63, 3.8) is 0 Å². The number of aromatic nitrogens is 2. The number of nitrogens with one attached hydrogen (secondary N) is 2. The third kappa shape index (κ3) is 4.66. The molecular formula is C26H29FN6O2S. The van der Waals surface area contributed by atoms with E-state index in [1.54, 1.807) is 29.1 Å². The Kier molecular flexibility index (Phi) is 6.88. The number of halogens is 1. The Hall–Kier alpha value is -3.13. The van der Waals surface area contributed by atoms with E-state index in [4.69, 9.17) is 4.74 Å². The minimum atomic E-state index is -0.656. The lowest BCUT2D eigenvalue weighted by Crippen LogP contribution is -2.47. The maximum Gasteiger partial charge on any atom is 0.261 e. The topological polar surface area (TPSA) is 95.2 Å². The van der Waals surface area contributed by atoms with Gasteiger partial charge in [0.25, 0.3) is 5.56 Å². The molecule has 0 radical (unpaired) electrons. The summed E-state index contributed by atoms with van der Waals surface area (Å²) in [7, 11) is 1.90. The minimum Gasteiger partial charge on any atom is -0.453 e. The van der Waals surface area contributed by atoms with Crippen LogP contribution >= 0.6 is 12.1 Å². The minimum absolute atomic E-state index is 0.0532. The van der Waals surface area contributed by atoms with Crippen molar-refractivity contribution in [2.45, 2.75) is 38.6 Å². The van der Waals surface area contributed by atoms with Crippen LogP contribution in [-0.4, -0.2) is 40.5 Å². The van der Waals surface area contributed by atoms with E-state index in [1.165, 1.54) is 24.3 Å². The van der Waals surface area contributed by atoms with Crippen LogP contribution in [0.15, 0.2) is 41.5 Å². The average Bonchev–Trinajstić information content (AvgIpc) is 2.88. The molecule has 1 saturated carbocycles. The van der Waals surface area contributed by atoms with Gasteiger partial charge in [-0.15, -0.1) is 0 Å². The summed E-state index contributed by atoms with van der Waals surface area (Å²) >= 11 is 1.30. The van der Waals surface area contributed by atoms with Crippen LogP contribution in [0.1, 0.15) is 44.2 Å². The molecular weight excluding hydrogens is 479 g/mol. The Morgan fingerprint density at radius 3 is 2.83 bits per heavy atom. The predicted molar refractivity (Wildman–Crippen MR) is 140 cm³/mol. The van der Waals surface area contributed by atoms with Crippen LogP contribution in [0, 0.1) is 22.6 Å². The molecule has 1 spiro atoms. The lowest BCUT2D eigenvalue weighted by molar-refractivity contribution is 0.0270. The van der Waals surface area contributed by atoms with Gasteiger partial charge < -0.3 is 14.8 Å². The van der Waals surface area contributed by atoms with Crippen molar-refractivity contribution in [2.24, 2.45) is 5.41 Å². The van der Waals surface area contributed by atoms with Gasteiger partial charge in [-0.25, -0.2) is 13.7 Å². The number of rotatable bonds is 7. The zero-order valence-electron chi connectivity index (χ0n) is 20.4. The summed E-state index contributed by atoms with van der Waals surface area (Å²) in [5, 5.41) is 13.6. The van der Waals surface area contributed by atoms with Gasteiger partial charge in [-0.1, -0.05) is 6.92 Å². The second-order valence-electron chi connectivity index (χ2n) is 9.60. The van der Waals surface area contributed by atoms with E-state index in [-0.39, 0.29) is 28.7 Å². The maximum atomic E-state index is 14.8. The third-order valence-corrected chi connectivity index (χ3v) is 8.23. The molecule has 10 heteroatoms. The molecule has 188 valence electrons. The summed E-state index contributed by atoms with van der Waals surface area (Å²) in [5.74, 6) is -0.567. The molecule has 1 aliphatic heterocycles. The first-order valence-corrected chi connectivity index (χ1v) is 13.0. The third-order valence-electron chi connectivity index (χ3n) is 7.35. The fourth-order valence-corrected chi connectivity index (χ4v) is 5.66. The highest BCUT2D eigenvalue weighted by Gasteiger charge is 2.45. The van der Waals surface area contributed by atoms with Crippen molar-refractivity contribution < 1.29 is 9.13 Å². The van der Waals surface area contributed by atoms with E-state index in [0.717, 1.165) is 45.3 Å². The normalized spacial score (nSPS) is 17.2. The lowest BCUT2D eigenvalue weighted by atomic mass is 9.60. The number of benzene rings is 2. The molecule has 2 heterocycles. The van der Waals surface area contributed by atoms with Gasteiger partial charge in [-0.3, -0.25) is 9.36 Å². The lowest BCUT2D eigenvalue weighted by Gasteiger charge is -2.50. The maximum absolute atomic E-state index is 14.8. The van der Waals surface area contributed by atoms with Gasteiger partial charge in [0, 0.05) is 24.7 Å².